The first-order chi connectivity index (χ1) is 14.1. The third kappa shape index (κ3) is 4.74. The number of nitrogens with one attached hydrogen (secondary N) is 2. The van der Waals surface area contributed by atoms with Crippen LogP contribution in [-0.4, -0.2) is 29.1 Å². The molecule has 7 nitrogen and oxygen atoms in total. The molecule has 29 heavy (non-hydrogen) atoms. The van der Waals surface area contributed by atoms with Crippen LogP contribution < -0.4 is 15.5 Å². The SMILES string of the molecule is Cc1cc(NC(=O)c2ccc(Nc3ccc(N4CCC(C)CC4)cc3)nc2)no1. The van der Waals surface area contributed by atoms with Crippen LogP contribution in [-0.2, 0) is 0 Å². The lowest BCUT2D eigenvalue weighted by atomic mass is 9.99. The van der Waals surface area contributed by atoms with Crippen LogP contribution in [0, 0.1) is 12.8 Å². The average molecular weight is 391 g/mol. The molecule has 3 heterocycles. The lowest BCUT2D eigenvalue weighted by Crippen LogP contribution is -2.32. The number of hydrogen-bond donors (Lipinski definition) is 2. The summed E-state index contributed by atoms with van der Waals surface area (Å²) in [5.41, 5.74) is 2.67. The first kappa shape index (κ1) is 19.0. The van der Waals surface area contributed by atoms with Crippen molar-refractivity contribution in [1.82, 2.24) is 10.1 Å². The summed E-state index contributed by atoms with van der Waals surface area (Å²) in [6, 6.07) is 13.6. The monoisotopic (exact) mass is 391 g/mol. The minimum absolute atomic E-state index is 0.280. The summed E-state index contributed by atoms with van der Waals surface area (Å²) in [6.07, 6.45) is 4.04. The lowest BCUT2D eigenvalue weighted by Gasteiger charge is -2.32. The molecule has 1 saturated heterocycles. The molecule has 150 valence electrons. The van der Waals surface area contributed by atoms with E-state index in [1.54, 1.807) is 25.1 Å². The second-order valence-electron chi connectivity index (χ2n) is 7.55. The summed E-state index contributed by atoms with van der Waals surface area (Å²) < 4.78 is 4.95. The smallest absolute Gasteiger partial charge is 0.258 e. The van der Waals surface area contributed by atoms with Crippen molar-refractivity contribution in [3.8, 4) is 0 Å². The predicted octanol–water partition coefficient (Wildman–Crippen LogP) is 4.61. The van der Waals surface area contributed by atoms with Crippen LogP contribution in [0.1, 0.15) is 35.9 Å². The number of carbonyl (C=O) groups is 1. The molecule has 0 saturated carbocycles. The quantitative estimate of drug-likeness (QED) is 0.661. The van der Waals surface area contributed by atoms with Crippen molar-refractivity contribution in [2.75, 3.05) is 28.6 Å². The highest BCUT2D eigenvalue weighted by atomic mass is 16.5. The van der Waals surface area contributed by atoms with Crippen molar-refractivity contribution in [2.45, 2.75) is 26.7 Å². The van der Waals surface area contributed by atoms with E-state index in [1.807, 2.05) is 0 Å². The summed E-state index contributed by atoms with van der Waals surface area (Å²) >= 11 is 0. The van der Waals surface area contributed by atoms with Crippen LogP contribution in [0.15, 0.2) is 53.2 Å². The first-order valence-corrected chi connectivity index (χ1v) is 9.89. The van der Waals surface area contributed by atoms with Gasteiger partial charge in [0.25, 0.3) is 5.91 Å². The second-order valence-corrected chi connectivity index (χ2v) is 7.55. The standard InChI is InChI=1S/C22H25N5O2/c1-15-9-11-27(12-10-15)19-6-4-18(5-7-19)24-20-8-3-17(14-23-20)22(28)25-21-13-16(2)29-26-21/h3-8,13-15H,9-12H2,1-2H3,(H,23,24)(H,25,26,28). The first-order valence-electron chi connectivity index (χ1n) is 9.89. The van der Waals surface area contributed by atoms with Crippen molar-refractivity contribution in [2.24, 2.45) is 5.92 Å². The highest BCUT2D eigenvalue weighted by Gasteiger charge is 2.16. The van der Waals surface area contributed by atoms with Gasteiger partial charge in [0.1, 0.15) is 11.6 Å². The van der Waals surface area contributed by atoms with Gasteiger partial charge in [0.05, 0.1) is 5.56 Å². The molecule has 4 rings (SSSR count). The van der Waals surface area contributed by atoms with E-state index in [9.17, 15) is 4.79 Å². The van der Waals surface area contributed by atoms with E-state index in [4.69, 9.17) is 4.52 Å². The predicted molar refractivity (Wildman–Crippen MR) is 114 cm³/mol. The summed E-state index contributed by atoms with van der Waals surface area (Å²) in [5.74, 6) is 2.25. The second kappa shape index (κ2) is 8.34. The number of aromatic nitrogens is 2. The van der Waals surface area contributed by atoms with E-state index in [1.165, 1.54) is 24.7 Å². The summed E-state index contributed by atoms with van der Waals surface area (Å²) in [4.78, 5) is 19.0. The topological polar surface area (TPSA) is 83.3 Å². The molecule has 7 heteroatoms. The average Bonchev–Trinajstić information content (AvgIpc) is 3.14. The third-order valence-electron chi connectivity index (χ3n) is 5.18. The van der Waals surface area contributed by atoms with E-state index in [2.05, 4.69) is 56.9 Å². The minimum atomic E-state index is -0.280. The van der Waals surface area contributed by atoms with Crippen molar-refractivity contribution >= 4 is 28.9 Å². The number of amides is 1. The molecule has 0 radical (unpaired) electrons. The summed E-state index contributed by atoms with van der Waals surface area (Å²) in [6.45, 7) is 6.33. The highest BCUT2D eigenvalue weighted by Crippen LogP contribution is 2.25. The number of aryl methyl sites for hydroxylation is 1. The number of hydrogen-bond acceptors (Lipinski definition) is 6. The van der Waals surface area contributed by atoms with E-state index in [-0.39, 0.29) is 5.91 Å². The van der Waals surface area contributed by atoms with Gasteiger partial charge in [0.2, 0.25) is 0 Å². The van der Waals surface area contributed by atoms with E-state index < -0.39 is 0 Å². The molecular weight excluding hydrogens is 366 g/mol. The molecule has 1 fully saturated rings. The fourth-order valence-electron chi connectivity index (χ4n) is 3.39. The molecule has 2 N–H and O–H groups in total. The van der Waals surface area contributed by atoms with Crippen LogP contribution in [0.25, 0.3) is 0 Å². The minimum Gasteiger partial charge on any atom is -0.372 e. The molecule has 0 aliphatic carbocycles. The number of rotatable bonds is 5. The van der Waals surface area contributed by atoms with Gasteiger partial charge in [-0.15, -0.1) is 0 Å². The van der Waals surface area contributed by atoms with Gasteiger partial charge in [-0.25, -0.2) is 4.98 Å². The van der Waals surface area contributed by atoms with Crippen molar-refractivity contribution in [3.63, 3.8) is 0 Å². The van der Waals surface area contributed by atoms with E-state index in [0.29, 0.717) is 23.0 Å². The summed E-state index contributed by atoms with van der Waals surface area (Å²) in [7, 11) is 0. The zero-order chi connectivity index (χ0) is 20.2. The van der Waals surface area contributed by atoms with Crippen LogP contribution in [0.3, 0.4) is 0 Å². The van der Waals surface area contributed by atoms with Gasteiger partial charge in [0.15, 0.2) is 5.82 Å². The fraction of sp³-hybridized carbons (Fsp3) is 0.318. The Morgan fingerprint density at radius 2 is 1.86 bits per heavy atom. The molecule has 0 unspecified atom stereocenters. The molecule has 3 aromatic rings. The highest BCUT2D eigenvalue weighted by molar-refractivity contribution is 6.03. The Balaban J connectivity index is 1.35. The molecule has 1 aromatic carbocycles. The fourth-order valence-corrected chi connectivity index (χ4v) is 3.39. The van der Waals surface area contributed by atoms with Crippen LogP contribution in [0.5, 0.6) is 0 Å². The number of pyridine rings is 1. The molecule has 0 atom stereocenters. The van der Waals surface area contributed by atoms with Gasteiger partial charge in [0, 0.05) is 36.7 Å². The number of carbonyl (C=O) groups excluding carboxylic acids is 1. The maximum atomic E-state index is 12.2. The summed E-state index contributed by atoms with van der Waals surface area (Å²) in [5, 5.41) is 9.71. The normalized spacial score (nSPS) is 14.6. The van der Waals surface area contributed by atoms with Gasteiger partial charge >= 0.3 is 0 Å². The molecule has 1 amide bonds. The van der Waals surface area contributed by atoms with Crippen molar-refractivity contribution in [1.29, 1.82) is 0 Å². The molecule has 1 aliphatic heterocycles. The van der Waals surface area contributed by atoms with Gasteiger partial charge in [-0.2, -0.15) is 0 Å². The van der Waals surface area contributed by atoms with Crippen LogP contribution in [0.2, 0.25) is 0 Å². The molecular formula is C22H25N5O2. The molecule has 0 bridgehead atoms. The van der Waals surface area contributed by atoms with Gasteiger partial charge in [-0.3, -0.25) is 4.79 Å². The van der Waals surface area contributed by atoms with E-state index in [0.717, 1.165) is 24.7 Å². The largest absolute Gasteiger partial charge is 0.372 e. The maximum Gasteiger partial charge on any atom is 0.258 e. The molecule has 1 aliphatic rings. The van der Waals surface area contributed by atoms with Crippen molar-refractivity contribution in [3.05, 3.63) is 60.0 Å². The Labute approximate surface area is 170 Å². The zero-order valence-corrected chi connectivity index (χ0v) is 16.7. The van der Waals surface area contributed by atoms with Crippen LogP contribution >= 0.6 is 0 Å². The number of benzene rings is 1. The Bertz CT molecular complexity index is 958. The lowest BCUT2D eigenvalue weighted by molar-refractivity contribution is 0.102. The molecule has 0 spiro atoms. The molecule has 2 aromatic heterocycles. The zero-order valence-electron chi connectivity index (χ0n) is 16.7. The van der Waals surface area contributed by atoms with E-state index >= 15 is 0 Å². The Kier molecular flexibility index (Phi) is 5.46. The van der Waals surface area contributed by atoms with Gasteiger partial charge < -0.3 is 20.1 Å². The van der Waals surface area contributed by atoms with Gasteiger partial charge in [-0.05, 0) is 62.1 Å². The van der Waals surface area contributed by atoms with Gasteiger partial charge in [-0.1, -0.05) is 12.1 Å². The number of anilines is 4. The number of nitrogens with zero attached hydrogens (tertiary/aromatic N) is 3. The Morgan fingerprint density at radius 3 is 2.48 bits per heavy atom. The number of piperidine rings is 1. The Hall–Kier alpha value is -3.35. The van der Waals surface area contributed by atoms with Crippen molar-refractivity contribution < 1.29 is 9.32 Å². The van der Waals surface area contributed by atoms with Crippen LogP contribution in [0.4, 0.5) is 23.0 Å². The third-order valence-corrected chi connectivity index (χ3v) is 5.18. The Morgan fingerprint density at radius 1 is 1.10 bits per heavy atom. The maximum absolute atomic E-state index is 12.2.